The van der Waals surface area contributed by atoms with Crippen LogP contribution in [0, 0.1) is 11.3 Å². The first-order chi connectivity index (χ1) is 8.79. The van der Waals surface area contributed by atoms with Gasteiger partial charge in [0, 0.05) is 25.5 Å². The van der Waals surface area contributed by atoms with Gasteiger partial charge in [-0.25, -0.2) is 4.98 Å². The number of nitrogens with zero attached hydrogens (tertiary/aromatic N) is 4. The quantitative estimate of drug-likeness (QED) is 0.763. The van der Waals surface area contributed by atoms with E-state index in [9.17, 15) is 0 Å². The lowest BCUT2D eigenvalue weighted by Gasteiger charge is -2.30. The van der Waals surface area contributed by atoms with Gasteiger partial charge < -0.3 is 15.2 Å². The van der Waals surface area contributed by atoms with Crippen molar-refractivity contribution < 1.29 is 0 Å². The number of nitriles is 1. The molecular weight excluding hydrogens is 226 g/mol. The van der Waals surface area contributed by atoms with Crippen molar-refractivity contribution in [1.29, 1.82) is 5.26 Å². The molecule has 2 N–H and O–H groups in total. The maximum atomic E-state index is 9.00. The molecule has 5 heteroatoms. The lowest BCUT2D eigenvalue weighted by Crippen LogP contribution is -2.34. The number of fused-ring (bicyclic) bond motifs is 1. The van der Waals surface area contributed by atoms with Crippen LogP contribution in [-0.2, 0) is 13.1 Å². The molecule has 0 saturated carbocycles. The third-order valence-electron chi connectivity index (χ3n) is 3.29. The van der Waals surface area contributed by atoms with E-state index in [1.54, 1.807) is 6.07 Å². The van der Waals surface area contributed by atoms with Crippen LogP contribution in [0.25, 0.3) is 0 Å². The molecule has 0 saturated heterocycles. The molecule has 1 aromatic heterocycles. The zero-order valence-electron chi connectivity index (χ0n) is 9.87. The Bertz CT molecular complexity index is 623. The van der Waals surface area contributed by atoms with Gasteiger partial charge in [0.15, 0.2) is 0 Å². The molecule has 0 fully saturated rings. The van der Waals surface area contributed by atoms with Gasteiger partial charge in [-0.1, -0.05) is 6.07 Å². The zero-order chi connectivity index (χ0) is 12.5. The number of hydrogen-bond donors (Lipinski definition) is 1. The van der Waals surface area contributed by atoms with Crippen molar-refractivity contribution in [1.82, 2.24) is 9.55 Å². The summed E-state index contributed by atoms with van der Waals surface area (Å²) < 4.78 is 2.14. The Kier molecular flexibility index (Phi) is 2.41. The fraction of sp³-hybridized carbons (Fsp3) is 0.231. The van der Waals surface area contributed by atoms with E-state index < -0.39 is 0 Å². The monoisotopic (exact) mass is 239 g/mol. The molecule has 0 amide bonds. The number of rotatable bonds is 1. The molecule has 0 aliphatic carbocycles. The van der Waals surface area contributed by atoms with Crippen LogP contribution in [0.2, 0.25) is 0 Å². The summed E-state index contributed by atoms with van der Waals surface area (Å²) in [5, 5.41) is 9.00. The predicted octanol–water partition coefficient (Wildman–Crippen LogP) is 1.36. The average molecular weight is 239 g/mol. The summed E-state index contributed by atoms with van der Waals surface area (Å²) in [6.45, 7) is 2.50. The number of benzene rings is 1. The second kappa shape index (κ2) is 4.08. The third kappa shape index (κ3) is 1.59. The Labute approximate surface area is 105 Å². The summed E-state index contributed by atoms with van der Waals surface area (Å²) >= 11 is 0. The van der Waals surface area contributed by atoms with Crippen LogP contribution in [0.1, 0.15) is 11.4 Å². The molecule has 90 valence electrons. The van der Waals surface area contributed by atoms with Crippen molar-refractivity contribution >= 4 is 11.4 Å². The molecule has 1 aliphatic rings. The highest BCUT2D eigenvalue weighted by molar-refractivity contribution is 5.74. The van der Waals surface area contributed by atoms with Crippen LogP contribution in [-0.4, -0.2) is 16.1 Å². The van der Waals surface area contributed by atoms with Crippen LogP contribution in [0.15, 0.2) is 30.6 Å². The molecule has 0 radical (unpaired) electrons. The highest BCUT2D eigenvalue weighted by Gasteiger charge is 2.19. The summed E-state index contributed by atoms with van der Waals surface area (Å²) in [4.78, 5) is 6.49. The minimum absolute atomic E-state index is 0.529. The molecule has 0 bridgehead atoms. The number of hydrogen-bond acceptors (Lipinski definition) is 4. The van der Waals surface area contributed by atoms with Crippen LogP contribution in [0.3, 0.4) is 0 Å². The van der Waals surface area contributed by atoms with Gasteiger partial charge in [-0.05, 0) is 12.1 Å². The first-order valence-electron chi connectivity index (χ1n) is 5.83. The summed E-state index contributed by atoms with van der Waals surface area (Å²) in [6, 6.07) is 7.68. The van der Waals surface area contributed by atoms with Crippen molar-refractivity contribution in [2.45, 2.75) is 13.1 Å². The smallest absolute Gasteiger partial charge is 0.128 e. The van der Waals surface area contributed by atoms with Crippen molar-refractivity contribution in [2.75, 3.05) is 17.2 Å². The third-order valence-corrected chi connectivity index (χ3v) is 3.29. The Balaban J connectivity index is 1.96. The number of para-hydroxylation sites is 1. The Hall–Kier alpha value is -2.48. The number of nitrogens with two attached hydrogens (primary N) is 1. The van der Waals surface area contributed by atoms with Gasteiger partial charge in [0.2, 0.25) is 0 Å². The Morgan fingerprint density at radius 1 is 1.33 bits per heavy atom. The van der Waals surface area contributed by atoms with E-state index in [2.05, 4.69) is 20.5 Å². The Morgan fingerprint density at radius 2 is 2.22 bits per heavy atom. The summed E-state index contributed by atoms with van der Waals surface area (Å²) in [5.41, 5.74) is 8.03. The van der Waals surface area contributed by atoms with Crippen LogP contribution >= 0.6 is 0 Å². The summed E-state index contributed by atoms with van der Waals surface area (Å²) in [6.07, 6.45) is 3.80. The summed E-state index contributed by atoms with van der Waals surface area (Å²) in [5.74, 6) is 1.03. The lowest BCUT2D eigenvalue weighted by atomic mass is 10.1. The number of nitrogen functional groups attached to an aromatic ring is 1. The number of imidazole rings is 1. The molecule has 2 heterocycles. The maximum Gasteiger partial charge on any atom is 0.128 e. The molecule has 0 unspecified atom stereocenters. The van der Waals surface area contributed by atoms with E-state index >= 15 is 0 Å². The SMILES string of the molecule is N#Cc1cccc(N2CCn3ccnc3C2)c1N. The van der Waals surface area contributed by atoms with E-state index in [1.165, 1.54) is 0 Å². The molecule has 2 aromatic rings. The highest BCUT2D eigenvalue weighted by Crippen LogP contribution is 2.28. The van der Waals surface area contributed by atoms with E-state index in [-0.39, 0.29) is 0 Å². The standard InChI is InChI=1S/C13H13N5/c14-8-10-2-1-3-11(13(10)15)18-7-6-17-5-4-16-12(17)9-18/h1-5H,6-7,9,15H2. The molecule has 1 aromatic carbocycles. The fourth-order valence-electron chi connectivity index (χ4n) is 2.31. The van der Waals surface area contributed by atoms with E-state index in [1.807, 2.05) is 24.5 Å². The molecule has 1 aliphatic heterocycles. The minimum atomic E-state index is 0.529. The topological polar surface area (TPSA) is 70.9 Å². The highest BCUT2D eigenvalue weighted by atomic mass is 15.2. The normalized spacial score (nSPS) is 14.1. The predicted molar refractivity (Wildman–Crippen MR) is 68.8 cm³/mol. The lowest BCUT2D eigenvalue weighted by molar-refractivity contribution is 0.560. The largest absolute Gasteiger partial charge is 0.396 e. The van der Waals surface area contributed by atoms with Crippen LogP contribution < -0.4 is 10.6 Å². The van der Waals surface area contributed by atoms with Crippen LogP contribution in [0.5, 0.6) is 0 Å². The average Bonchev–Trinajstić information content (AvgIpc) is 2.86. The van der Waals surface area contributed by atoms with Gasteiger partial charge in [0.25, 0.3) is 0 Å². The number of anilines is 2. The molecule has 5 nitrogen and oxygen atoms in total. The Morgan fingerprint density at radius 3 is 3.06 bits per heavy atom. The maximum absolute atomic E-state index is 9.00. The van der Waals surface area contributed by atoms with Gasteiger partial charge in [-0.3, -0.25) is 0 Å². The van der Waals surface area contributed by atoms with Gasteiger partial charge in [-0.2, -0.15) is 5.26 Å². The van der Waals surface area contributed by atoms with Crippen molar-refractivity contribution in [3.05, 3.63) is 42.0 Å². The van der Waals surface area contributed by atoms with E-state index in [0.717, 1.165) is 31.1 Å². The second-order valence-corrected chi connectivity index (χ2v) is 4.31. The fourth-order valence-corrected chi connectivity index (χ4v) is 2.31. The minimum Gasteiger partial charge on any atom is -0.396 e. The molecule has 3 rings (SSSR count). The van der Waals surface area contributed by atoms with Crippen molar-refractivity contribution in [3.8, 4) is 6.07 Å². The summed E-state index contributed by atoms with van der Waals surface area (Å²) in [7, 11) is 0. The molecular formula is C13H13N5. The molecule has 0 spiro atoms. The van der Waals surface area contributed by atoms with Gasteiger partial charge in [0.1, 0.15) is 11.9 Å². The van der Waals surface area contributed by atoms with E-state index in [4.69, 9.17) is 11.0 Å². The van der Waals surface area contributed by atoms with Gasteiger partial charge in [-0.15, -0.1) is 0 Å². The van der Waals surface area contributed by atoms with Gasteiger partial charge in [0.05, 0.1) is 23.5 Å². The van der Waals surface area contributed by atoms with Crippen molar-refractivity contribution in [3.63, 3.8) is 0 Å². The first kappa shape index (κ1) is 10.7. The first-order valence-corrected chi connectivity index (χ1v) is 5.83. The zero-order valence-corrected chi connectivity index (χ0v) is 9.87. The number of aromatic nitrogens is 2. The molecule has 0 atom stereocenters. The van der Waals surface area contributed by atoms with Crippen LogP contribution in [0.4, 0.5) is 11.4 Å². The molecule has 18 heavy (non-hydrogen) atoms. The van der Waals surface area contributed by atoms with E-state index in [0.29, 0.717) is 11.3 Å². The second-order valence-electron chi connectivity index (χ2n) is 4.31. The van der Waals surface area contributed by atoms with Gasteiger partial charge >= 0.3 is 0 Å². The van der Waals surface area contributed by atoms with Crippen molar-refractivity contribution in [2.24, 2.45) is 0 Å².